The Morgan fingerprint density at radius 2 is 1.96 bits per heavy atom. The molecule has 0 aromatic carbocycles. The number of nitrogens with zero attached hydrogens (tertiary/aromatic N) is 4. The molecule has 0 saturated carbocycles. The van der Waals surface area contributed by atoms with Crippen LogP contribution in [0.15, 0.2) is 55.1 Å². The van der Waals surface area contributed by atoms with Crippen molar-refractivity contribution >= 4 is 28.2 Å². The number of rotatable bonds is 2. The summed E-state index contributed by atoms with van der Waals surface area (Å²) in [7, 11) is 1.98. The predicted octanol–water partition coefficient (Wildman–Crippen LogP) is 3.21. The molecule has 4 rings (SSSR count). The molecule has 1 atom stereocenters. The van der Waals surface area contributed by atoms with Gasteiger partial charge in [0.15, 0.2) is 0 Å². The second-order valence-corrected chi connectivity index (χ2v) is 5.82. The molecule has 0 amide bonds. The molecule has 0 saturated heterocycles. The molecule has 5 nitrogen and oxygen atoms in total. The quantitative estimate of drug-likeness (QED) is 0.734. The summed E-state index contributed by atoms with van der Waals surface area (Å²) in [5.74, 6) is 0. The molecule has 6 heteroatoms. The van der Waals surface area contributed by atoms with E-state index in [1.807, 2.05) is 42.5 Å². The maximum Gasteiger partial charge on any atom is 0.129 e. The van der Waals surface area contributed by atoms with E-state index in [1.165, 1.54) is 0 Å². The van der Waals surface area contributed by atoms with Crippen molar-refractivity contribution in [2.45, 2.75) is 6.04 Å². The van der Waals surface area contributed by atoms with Crippen molar-refractivity contribution in [3.63, 3.8) is 0 Å². The van der Waals surface area contributed by atoms with E-state index in [0.29, 0.717) is 5.15 Å². The van der Waals surface area contributed by atoms with Crippen LogP contribution in [0.25, 0.3) is 16.6 Å². The lowest BCUT2D eigenvalue weighted by Gasteiger charge is -2.17. The summed E-state index contributed by atoms with van der Waals surface area (Å²) < 4.78 is 0. The Labute approximate surface area is 138 Å². The molecule has 0 bridgehead atoms. The number of aromatic nitrogens is 3. The molecule has 1 aliphatic heterocycles. The lowest BCUT2D eigenvalue weighted by Crippen LogP contribution is -2.27. The van der Waals surface area contributed by atoms with Crippen molar-refractivity contribution < 1.29 is 0 Å². The third-order valence-corrected chi connectivity index (χ3v) is 4.06. The minimum absolute atomic E-state index is 0.0569. The van der Waals surface area contributed by atoms with E-state index in [0.717, 1.165) is 27.7 Å². The molecule has 3 aromatic rings. The van der Waals surface area contributed by atoms with Crippen LogP contribution in [-0.4, -0.2) is 27.0 Å². The fourth-order valence-corrected chi connectivity index (χ4v) is 2.94. The number of halogens is 1. The molecular weight excluding hydrogens is 310 g/mol. The summed E-state index contributed by atoms with van der Waals surface area (Å²) >= 11 is 6.00. The second-order valence-electron chi connectivity index (χ2n) is 5.43. The molecule has 23 heavy (non-hydrogen) atoms. The summed E-state index contributed by atoms with van der Waals surface area (Å²) in [5.41, 5.74) is 8.34. The van der Waals surface area contributed by atoms with Gasteiger partial charge < -0.3 is 5.01 Å². The maximum absolute atomic E-state index is 6.00. The fraction of sp³-hybridized carbons (Fsp3) is 0.118. The normalized spacial score (nSPS) is 17.6. The average molecular weight is 324 g/mol. The Bertz CT molecular complexity index is 894. The highest BCUT2D eigenvalue weighted by molar-refractivity contribution is 6.29. The zero-order valence-electron chi connectivity index (χ0n) is 12.4. The van der Waals surface area contributed by atoms with Crippen molar-refractivity contribution in [1.29, 1.82) is 0 Å². The topological polar surface area (TPSA) is 53.9 Å². The molecule has 3 aromatic heterocycles. The number of hydrogen-bond acceptors (Lipinski definition) is 5. The van der Waals surface area contributed by atoms with Gasteiger partial charge in [-0.05, 0) is 35.9 Å². The summed E-state index contributed by atoms with van der Waals surface area (Å²) in [4.78, 5) is 12.9. The van der Waals surface area contributed by atoms with E-state index in [9.17, 15) is 0 Å². The van der Waals surface area contributed by atoms with Crippen LogP contribution < -0.4 is 5.43 Å². The van der Waals surface area contributed by atoms with Crippen LogP contribution in [0, 0.1) is 0 Å². The highest BCUT2D eigenvalue weighted by Gasteiger charge is 2.25. The second kappa shape index (κ2) is 5.61. The monoisotopic (exact) mass is 323 g/mol. The van der Waals surface area contributed by atoms with Gasteiger partial charge in [0.1, 0.15) is 5.15 Å². The Kier molecular flexibility index (Phi) is 3.44. The van der Waals surface area contributed by atoms with Gasteiger partial charge in [-0.15, -0.1) is 0 Å². The SMILES string of the molecule is CN1C=C(c2cnc3ccc(Cl)nc3c2)C(c2ccncc2)N1. The van der Waals surface area contributed by atoms with Gasteiger partial charge in [0.25, 0.3) is 0 Å². The highest BCUT2D eigenvalue weighted by atomic mass is 35.5. The van der Waals surface area contributed by atoms with Gasteiger partial charge in [-0.1, -0.05) is 11.6 Å². The third-order valence-electron chi connectivity index (χ3n) is 3.85. The zero-order chi connectivity index (χ0) is 15.8. The van der Waals surface area contributed by atoms with E-state index >= 15 is 0 Å². The number of nitrogens with one attached hydrogen (secondary N) is 1. The largest absolute Gasteiger partial charge is 0.317 e. The molecule has 0 aliphatic carbocycles. The van der Waals surface area contributed by atoms with E-state index in [1.54, 1.807) is 18.5 Å². The first kappa shape index (κ1) is 14.1. The molecule has 0 fully saturated rings. The molecule has 1 aliphatic rings. The van der Waals surface area contributed by atoms with Crippen molar-refractivity contribution in [3.8, 4) is 0 Å². The number of fused-ring (bicyclic) bond motifs is 1. The first-order valence-electron chi connectivity index (χ1n) is 7.24. The Morgan fingerprint density at radius 1 is 1.13 bits per heavy atom. The summed E-state index contributed by atoms with van der Waals surface area (Å²) in [6.45, 7) is 0. The Morgan fingerprint density at radius 3 is 2.78 bits per heavy atom. The first-order chi connectivity index (χ1) is 11.2. The Balaban J connectivity index is 1.80. The van der Waals surface area contributed by atoms with E-state index in [4.69, 9.17) is 11.6 Å². The summed E-state index contributed by atoms with van der Waals surface area (Å²) in [6, 6.07) is 9.72. The molecule has 1 unspecified atom stereocenters. The fourth-order valence-electron chi connectivity index (χ4n) is 2.78. The zero-order valence-corrected chi connectivity index (χ0v) is 13.2. The van der Waals surface area contributed by atoms with Gasteiger partial charge >= 0.3 is 0 Å². The number of hydrazine groups is 1. The molecule has 4 heterocycles. The maximum atomic E-state index is 6.00. The smallest absolute Gasteiger partial charge is 0.129 e. The predicted molar refractivity (Wildman–Crippen MR) is 90.4 cm³/mol. The van der Waals surface area contributed by atoms with Gasteiger partial charge in [-0.25, -0.2) is 10.4 Å². The van der Waals surface area contributed by atoms with Crippen LogP contribution in [0.1, 0.15) is 17.2 Å². The van der Waals surface area contributed by atoms with Crippen molar-refractivity contribution in [3.05, 3.63) is 71.4 Å². The lowest BCUT2D eigenvalue weighted by molar-refractivity contribution is 0.334. The van der Waals surface area contributed by atoms with E-state index in [-0.39, 0.29) is 6.04 Å². The minimum atomic E-state index is 0.0569. The third kappa shape index (κ3) is 2.65. The van der Waals surface area contributed by atoms with Crippen LogP contribution in [-0.2, 0) is 0 Å². The number of pyridine rings is 3. The van der Waals surface area contributed by atoms with Gasteiger partial charge in [-0.2, -0.15) is 0 Å². The number of hydrogen-bond donors (Lipinski definition) is 1. The van der Waals surface area contributed by atoms with Crippen LogP contribution >= 0.6 is 11.6 Å². The van der Waals surface area contributed by atoms with Crippen LogP contribution in [0.3, 0.4) is 0 Å². The van der Waals surface area contributed by atoms with E-state index < -0.39 is 0 Å². The molecular formula is C17H14ClN5. The van der Waals surface area contributed by atoms with Crippen molar-refractivity contribution in [2.24, 2.45) is 0 Å². The molecule has 0 radical (unpaired) electrons. The van der Waals surface area contributed by atoms with Crippen LogP contribution in [0.5, 0.6) is 0 Å². The van der Waals surface area contributed by atoms with Gasteiger partial charge in [0, 0.05) is 43.0 Å². The van der Waals surface area contributed by atoms with Gasteiger partial charge in [0.2, 0.25) is 0 Å². The molecule has 114 valence electrons. The van der Waals surface area contributed by atoms with Gasteiger partial charge in [0.05, 0.1) is 17.1 Å². The standard InChI is InChI=1S/C17H14ClN5/c1-23-10-13(17(22-23)11-4-6-19-7-5-11)12-8-15-14(20-9-12)2-3-16(18)21-15/h2-10,17,22H,1H3. The van der Waals surface area contributed by atoms with Crippen molar-refractivity contribution in [2.75, 3.05) is 7.05 Å². The minimum Gasteiger partial charge on any atom is -0.317 e. The highest BCUT2D eigenvalue weighted by Crippen LogP contribution is 2.34. The lowest BCUT2D eigenvalue weighted by atomic mass is 9.96. The molecule has 1 N–H and O–H groups in total. The first-order valence-corrected chi connectivity index (χ1v) is 7.62. The Hall–Kier alpha value is -2.50. The average Bonchev–Trinajstić information content (AvgIpc) is 2.97. The molecule has 0 spiro atoms. The summed E-state index contributed by atoms with van der Waals surface area (Å²) in [6.07, 6.45) is 7.54. The van der Waals surface area contributed by atoms with Crippen LogP contribution in [0.2, 0.25) is 5.15 Å². The van der Waals surface area contributed by atoms with Gasteiger partial charge in [-0.3, -0.25) is 9.97 Å². The van der Waals surface area contributed by atoms with Crippen LogP contribution in [0.4, 0.5) is 0 Å². The summed E-state index contributed by atoms with van der Waals surface area (Å²) in [5, 5.41) is 2.42. The van der Waals surface area contributed by atoms with Crippen molar-refractivity contribution in [1.82, 2.24) is 25.4 Å². The van der Waals surface area contributed by atoms with E-state index in [2.05, 4.69) is 26.6 Å².